The highest BCUT2D eigenvalue weighted by Gasteiger charge is 2.27. The number of esters is 2. The van der Waals surface area contributed by atoms with Gasteiger partial charge in [-0.25, -0.2) is 14.3 Å². The minimum absolute atomic E-state index is 0.0600. The predicted octanol–water partition coefficient (Wildman–Crippen LogP) is 2.74. The van der Waals surface area contributed by atoms with E-state index in [1.807, 2.05) is 13.8 Å². The van der Waals surface area contributed by atoms with Crippen LogP contribution in [0.25, 0.3) is 0 Å². The minimum atomic E-state index is -0.646. The van der Waals surface area contributed by atoms with Gasteiger partial charge in [0, 0.05) is 13.2 Å². The number of aliphatic hydroxyl groups is 1. The summed E-state index contributed by atoms with van der Waals surface area (Å²) in [4.78, 5) is 24.7. The molecular formula is C18H31N3O5. The lowest BCUT2D eigenvalue weighted by atomic mass is 10.2. The molecule has 148 valence electrons. The lowest BCUT2D eigenvalue weighted by molar-refractivity contribution is 0.0440. The molecule has 8 heteroatoms. The third-order valence-corrected chi connectivity index (χ3v) is 3.86. The summed E-state index contributed by atoms with van der Waals surface area (Å²) < 4.78 is 11.8. The Morgan fingerprint density at radius 2 is 1.54 bits per heavy atom. The molecule has 1 heterocycles. The zero-order valence-electron chi connectivity index (χ0n) is 15.9. The average molecular weight is 369 g/mol. The van der Waals surface area contributed by atoms with E-state index in [1.54, 1.807) is 0 Å². The topological polar surface area (TPSA) is 104 Å². The molecule has 0 radical (unpaired) electrons. The molecular weight excluding hydrogens is 338 g/mol. The van der Waals surface area contributed by atoms with E-state index in [4.69, 9.17) is 14.6 Å². The summed E-state index contributed by atoms with van der Waals surface area (Å²) in [7, 11) is 0. The van der Waals surface area contributed by atoms with E-state index in [9.17, 15) is 9.59 Å². The van der Waals surface area contributed by atoms with Crippen molar-refractivity contribution >= 4 is 11.9 Å². The fourth-order valence-electron chi connectivity index (χ4n) is 2.29. The molecule has 0 aliphatic rings. The maximum Gasteiger partial charge on any atom is 0.361 e. The van der Waals surface area contributed by atoms with Gasteiger partial charge in [0.2, 0.25) is 5.69 Å². The third kappa shape index (κ3) is 7.51. The van der Waals surface area contributed by atoms with Crippen LogP contribution >= 0.6 is 0 Å². The Morgan fingerprint density at radius 3 is 2.15 bits per heavy atom. The maximum absolute atomic E-state index is 12.4. The van der Waals surface area contributed by atoms with Crippen molar-refractivity contribution in [3.05, 3.63) is 11.4 Å². The molecule has 0 spiro atoms. The van der Waals surface area contributed by atoms with Crippen molar-refractivity contribution in [2.75, 3.05) is 19.8 Å². The molecule has 0 atom stereocenters. The molecule has 1 rings (SSSR count). The highest BCUT2D eigenvalue weighted by atomic mass is 16.5. The van der Waals surface area contributed by atoms with E-state index in [-0.39, 0.29) is 24.6 Å². The van der Waals surface area contributed by atoms with E-state index >= 15 is 0 Å². The summed E-state index contributed by atoms with van der Waals surface area (Å²) in [5.74, 6) is -1.24. The van der Waals surface area contributed by atoms with E-state index in [0.717, 1.165) is 51.4 Å². The molecule has 1 aromatic rings. The second kappa shape index (κ2) is 13.3. The Kier molecular flexibility index (Phi) is 11.3. The van der Waals surface area contributed by atoms with Gasteiger partial charge in [-0.15, -0.1) is 5.10 Å². The Hall–Kier alpha value is -1.96. The zero-order valence-corrected chi connectivity index (χ0v) is 15.9. The molecule has 26 heavy (non-hydrogen) atoms. The number of carbonyl (C=O) groups excluding carboxylic acids is 2. The summed E-state index contributed by atoms with van der Waals surface area (Å²) in [5, 5.41) is 16.6. The van der Waals surface area contributed by atoms with Crippen molar-refractivity contribution < 1.29 is 24.2 Å². The first-order valence-electron chi connectivity index (χ1n) is 9.54. The van der Waals surface area contributed by atoms with Crippen molar-refractivity contribution in [2.45, 2.75) is 71.8 Å². The normalized spacial score (nSPS) is 10.7. The molecule has 8 nitrogen and oxygen atoms in total. The first-order chi connectivity index (χ1) is 12.7. The molecule has 0 aliphatic heterocycles. The van der Waals surface area contributed by atoms with Crippen molar-refractivity contribution in [1.29, 1.82) is 0 Å². The first kappa shape index (κ1) is 22.1. The lowest BCUT2D eigenvalue weighted by Crippen LogP contribution is -2.19. The van der Waals surface area contributed by atoms with Crippen LogP contribution in [0.5, 0.6) is 0 Å². The lowest BCUT2D eigenvalue weighted by Gasteiger charge is -2.08. The third-order valence-electron chi connectivity index (χ3n) is 3.86. The van der Waals surface area contributed by atoms with Crippen LogP contribution in [0, 0.1) is 0 Å². The first-order valence-corrected chi connectivity index (χ1v) is 9.54. The fraction of sp³-hybridized carbons (Fsp3) is 0.778. The number of hydrogen-bond donors (Lipinski definition) is 1. The molecule has 0 saturated heterocycles. The van der Waals surface area contributed by atoms with Gasteiger partial charge in [-0.05, 0) is 25.7 Å². The van der Waals surface area contributed by atoms with Crippen LogP contribution in [0.2, 0.25) is 0 Å². The predicted molar refractivity (Wildman–Crippen MR) is 96.0 cm³/mol. The van der Waals surface area contributed by atoms with E-state index in [2.05, 4.69) is 10.3 Å². The van der Waals surface area contributed by atoms with Gasteiger partial charge in [-0.3, -0.25) is 0 Å². The van der Waals surface area contributed by atoms with Crippen LogP contribution < -0.4 is 0 Å². The summed E-state index contributed by atoms with van der Waals surface area (Å²) in [5.41, 5.74) is -0.0253. The Bertz CT molecular complexity index is 545. The Labute approximate surface area is 154 Å². The van der Waals surface area contributed by atoms with E-state index < -0.39 is 11.9 Å². The number of nitrogens with zero attached hydrogens (tertiary/aromatic N) is 3. The van der Waals surface area contributed by atoms with E-state index in [1.165, 1.54) is 4.68 Å². The molecule has 0 aromatic carbocycles. The Balaban J connectivity index is 2.80. The van der Waals surface area contributed by atoms with Crippen molar-refractivity contribution in [1.82, 2.24) is 15.0 Å². The van der Waals surface area contributed by atoms with Gasteiger partial charge >= 0.3 is 11.9 Å². The standard InChI is InChI=1S/C18H31N3O5/c1-3-5-13-25-17(23)15-16(18(24)26-14-6-4-2)21(20-19-15)11-9-7-8-10-12-22/h22H,3-14H2,1-2H3. The summed E-state index contributed by atoms with van der Waals surface area (Å²) >= 11 is 0. The molecule has 0 fully saturated rings. The number of carbonyl (C=O) groups is 2. The summed E-state index contributed by atoms with van der Waals surface area (Å²) in [6, 6.07) is 0. The number of rotatable bonds is 14. The molecule has 1 aromatic heterocycles. The molecule has 0 unspecified atom stereocenters. The minimum Gasteiger partial charge on any atom is -0.461 e. The van der Waals surface area contributed by atoms with Crippen LogP contribution in [0.1, 0.15) is 86.2 Å². The number of aliphatic hydroxyl groups excluding tert-OH is 1. The highest BCUT2D eigenvalue weighted by Crippen LogP contribution is 2.12. The van der Waals surface area contributed by atoms with Crippen LogP contribution in [-0.2, 0) is 16.0 Å². The smallest absolute Gasteiger partial charge is 0.361 e. The highest BCUT2D eigenvalue weighted by molar-refractivity contribution is 6.00. The van der Waals surface area contributed by atoms with Gasteiger partial charge in [0.05, 0.1) is 13.2 Å². The van der Waals surface area contributed by atoms with Crippen molar-refractivity contribution in [3.63, 3.8) is 0 Å². The quantitative estimate of drug-likeness (QED) is 0.397. The van der Waals surface area contributed by atoms with Gasteiger partial charge in [0.1, 0.15) is 0 Å². The van der Waals surface area contributed by atoms with Crippen LogP contribution in [0.15, 0.2) is 0 Å². The number of aryl methyl sites for hydroxylation is 1. The molecule has 0 bridgehead atoms. The van der Waals surface area contributed by atoms with Gasteiger partial charge in [0.15, 0.2) is 5.69 Å². The zero-order chi connectivity index (χ0) is 19.2. The number of hydrogen-bond acceptors (Lipinski definition) is 7. The number of unbranched alkanes of at least 4 members (excludes halogenated alkanes) is 5. The van der Waals surface area contributed by atoms with Crippen LogP contribution in [0.3, 0.4) is 0 Å². The van der Waals surface area contributed by atoms with Gasteiger partial charge in [-0.2, -0.15) is 0 Å². The second-order valence-corrected chi connectivity index (χ2v) is 6.13. The SMILES string of the molecule is CCCCOC(=O)c1nnn(CCCCCCO)c1C(=O)OCCCC. The Morgan fingerprint density at radius 1 is 0.923 bits per heavy atom. The molecule has 1 N–H and O–H groups in total. The largest absolute Gasteiger partial charge is 0.461 e. The summed E-state index contributed by atoms with van der Waals surface area (Å²) in [6.07, 6.45) is 6.61. The van der Waals surface area contributed by atoms with Crippen LogP contribution in [0.4, 0.5) is 0 Å². The second-order valence-electron chi connectivity index (χ2n) is 6.13. The average Bonchev–Trinajstić information content (AvgIpc) is 3.06. The van der Waals surface area contributed by atoms with Crippen LogP contribution in [-0.4, -0.2) is 51.9 Å². The van der Waals surface area contributed by atoms with E-state index in [0.29, 0.717) is 13.2 Å². The molecule has 0 saturated carbocycles. The molecule has 0 amide bonds. The van der Waals surface area contributed by atoms with Crippen molar-refractivity contribution in [3.8, 4) is 0 Å². The summed E-state index contributed by atoms with van der Waals surface area (Å²) in [6.45, 7) is 5.21. The van der Waals surface area contributed by atoms with Gasteiger partial charge in [0.25, 0.3) is 0 Å². The fourth-order valence-corrected chi connectivity index (χ4v) is 2.29. The van der Waals surface area contributed by atoms with Gasteiger partial charge < -0.3 is 14.6 Å². The molecule has 0 aliphatic carbocycles. The maximum atomic E-state index is 12.4. The number of ether oxygens (including phenoxy) is 2. The van der Waals surface area contributed by atoms with Crippen molar-refractivity contribution in [2.24, 2.45) is 0 Å². The monoisotopic (exact) mass is 369 g/mol. The van der Waals surface area contributed by atoms with Gasteiger partial charge in [-0.1, -0.05) is 44.7 Å². The number of aromatic nitrogens is 3.